The molecule has 0 saturated carbocycles. The summed E-state index contributed by atoms with van der Waals surface area (Å²) >= 11 is 0. The Kier molecular flexibility index (Phi) is 5.77. The quantitative estimate of drug-likeness (QED) is 0.842. The summed E-state index contributed by atoms with van der Waals surface area (Å²) in [5, 5.41) is 3.01. The normalized spacial score (nSPS) is 12.9. The van der Waals surface area contributed by atoms with Gasteiger partial charge in [0.2, 0.25) is 5.91 Å². The van der Waals surface area contributed by atoms with E-state index in [1.54, 1.807) is 7.11 Å². The third-order valence-corrected chi connectivity index (χ3v) is 4.33. The van der Waals surface area contributed by atoms with Gasteiger partial charge in [0.15, 0.2) is 0 Å². The lowest BCUT2D eigenvalue weighted by Crippen LogP contribution is -2.39. The topological polar surface area (TPSA) is 50.8 Å². The van der Waals surface area contributed by atoms with Crippen molar-refractivity contribution < 1.29 is 14.3 Å². The zero-order valence-corrected chi connectivity index (χ0v) is 14.5. The Labute approximate surface area is 148 Å². The number of benzene rings is 2. The third-order valence-electron chi connectivity index (χ3n) is 4.33. The lowest BCUT2D eigenvalue weighted by atomic mass is 10.1. The highest BCUT2D eigenvalue weighted by atomic mass is 16.5. The first kappa shape index (κ1) is 17.1. The Morgan fingerprint density at radius 1 is 1.20 bits per heavy atom. The first-order chi connectivity index (χ1) is 12.3. The number of hydrogen-bond donors (Lipinski definition) is 1. The maximum atomic E-state index is 12.0. The van der Waals surface area contributed by atoms with Crippen molar-refractivity contribution in [3.8, 4) is 11.5 Å². The Hall–Kier alpha value is -2.69. The zero-order chi connectivity index (χ0) is 17.5. The largest absolute Gasteiger partial charge is 0.497 e. The molecule has 25 heavy (non-hydrogen) atoms. The van der Waals surface area contributed by atoms with Gasteiger partial charge in [-0.15, -0.1) is 0 Å². The molecule has 0 radical (unpaired) electrons. The van der Waals surface area contributed by atoms with Crippen LogP contribution in [-0.4, -0.2) is 39.3 Å². The number of amides is 1. The van der Waals surface area contributed by atoms with Crippen LogP contribution in [0.2, 0.25) is 0 Å². The molecule has 0 aromatic heterocycles. The van der Waals surface area contributed by atoms with Crippen molar-refractivity contribution in [1.29, 1.82) is 0 Å². The van der Waals surface area contributed by atoms with Crippen LogP contribution in [0.1, 0.15) is 12.0 Å². The van der Waals surface area contributed by atoms with Gasteiger partial charge in [0.05, 0.1) is 19.3 Å². The van der Waals surface area contributed by atoms with Gasteiger partial charge in [-0.2, -0.15) is 0 Å². The number of aryl methyl sites for hydroxylation is 1. The second-order valence-electron chi connectivity index (χ2n) is 6.00. The van der Waals surface area contributed by atoms with E-state index in [9.17, 15) is 4.79 Å². The SMILES string of the molecule is COc1ccc(CCC(=O)NCCN2CCOc3ccccc32)cc1. The van der Waals surface area contributed by atoms with E-state index in [1.165, 1.54) is 0 Å². The van der Waals surface area contributed by atoms with Gasteiger partial charge >= 0.3 is 0 Å². The number of rotatable bonds is 7. The van der Waals surface area contributed by atoms with Crippen molar-refractivity contribution in [3.05, 3.63) is 54.1 Å². The smallest absolute Gasteiger partial charge is 0.220 e. The summed E-state index contributed by atoms with van der Waals surface area (Å²) in [6, 6.07) is 15.9. The van der Waals surface area contributed by atoms with Gasteiger partial charge in [0.25, 0.3) is 0 Å². The Morgan fingerprint density at radius 2 is 2.00 bits per heavy atom. The summed E-state index contributed by atoms with van der Waals surface area (Å²) in [6.07, 6.45) is 1.22. The van der Waals surface area contributed by atoms with Gasteiger partial charge < -0.3 is 19.7 Å². The number of ether oxygens (including phenoxy) is 2. The van der Waals surface area contributed by atoms with Crippen LogP contribution in [-0.2, 0) is 11.2 Å². The number of fused-ring (bicyclic) bond motifs is 1. The van der Waals surface area contributed by atoms with Gasteiger partial charge in [0.1, 0.15) is 18.1 Å². The van der Waals surface area contributed by atoms with Crippen LogP contribution in [0.25, 0.3) is 0 Å². The van der Waals surface area contributed by atoms with Crippen molar-refractivity contribution in [2.75, 3.05) is 38.3 Å². The molecule has 0 saturated heterocycles. The maximum absolute atomic E-state index is 12.0. The Bertz CT molecular complexity index is 700. The van der Waals surface area contributed by atoms with E-state index in [-0.39, 0.29) is 5.91 Å². The molecule has 0 unspecified atom stereocenters. The number of hydrogen-bond acceptors (Lipinski definition) is 4. The fourth-order valence-corrected chi connectivity index (χ4v) is 2.93. The van der Waals surface area contributed by atoms with E-state index in [4.69, 9.17) is 9.47 Å². The van der Waals surface area contributed by atoms with Crippen LogP contribution < -0.4 is 19.7 Å². The standard InChI is InChI=1S/C20H24N2O3/c1-24-17-9-6-16(7-10-17)8-11-20(23)21-12-13-22-14-15-25-19-5-3-2-4-18(19)22/h2-7,9-10H,8,11-15H2,1H3,(H,21,23). The van der Waals surface area contributed by atoms with Gasteiger partial charge in [0, 0.05) is 19.5 Å². The van der Waals surface area contributed by atoms with Crippen LogP contribution in [0, 0.1) is 0 Å². The molecule has 2 aromatic rings. The van der Waals surface area contributed by atoms with Crippen molar-refractivity contribution in [2.24, 2.45) is 0 Å². The molecule has 132 valence electrons. The van der Waals surface area contributed by atoms with E-state index in [1.807, 2.05) is 42.5 Å². The molecule has 1 amide bonds. The third kappa shape index (κ3) is 4.66. The van der Waals surface area contributed by atoms with Crippen molar-refractivity contribution in [1.82, 2.24) is 5.32 Å². The van der Waals surface area contributed by atoms with Crippen molar-refractivity contribution in [3.63, 3.8) is 0 Å². The van der Waals surface area contributed by atoms with Crippen molar-refractivity contribution in [2.45, 2.75) is 12.8 Å². The molecule has 0 spiro atoms. The van der Waals surface area contributed by atoms with E-state index in [0.717, 1.165) is 42.3 Å². The van der Waals surface area contributed by atoms with Crippen LogP contribution in [0.5, 0.6) is 11.5 Å². The summed E-state index contributed by atoms with van der Waals surface area (Å²) in [6.45, 7) is 2.95. The predicted octanol–water partition coefficient (Wildman–Crippen LogP) is 2.64. The molecule has 5 heteroatoms. The number of methoxy groups -OCH3 is 1. The van der Waals surface area contributed by atoms with Crippen LogP contribution >= 0.6 is 0 Å². The minimum absolute atomic E-state index is 0.0809. The number of nitrogens with one attached hydrogen (secondary N) is 1. The van der Waals surface area contributed by atoms with Crippen LogP contribution in [0.4, 0.5) is 5.69 Å². The number of carbonyl (C=O) groups excluding carboxylic acids is 1. The zero-order valence-electron chi connectivity index (χ0n) is 14.5. The summed E-state index contributed by atoms with van der Waals surface area (Å²) in [7, 11) is 1.65. The molecule has 1 N–H and O–H groups in total. The first-order valence-electron chi connectivity index (χ1n) is 8.62. The minimum atomic E-state index is 0.0809. The highest BCUT2D eigenvalue weighted by molar-refractivity contribution is 5.76. The molecule has 0 aliphatic carbocycles. The van der Waals surface area contributed by atoms with E-state index >= 15 is 0 Å². The Balaban J connectivity index is 1.41. The molecular weight excluding hydrogens is 316 g/mol. The lowest BCUT2D eigenvalue weighted by molar-refractivity contribution is -0.120. The fourth-order valence-electron chi connectivity index (χ4n) is 2.93. The number of carbonyl (C=O) groups is 1. The molecule has 5 nitrogen and oxygen atoms in total. The van der Waals surface area contributed by atoms with Gasteiger partial charge in [-0.25, -0.2) is 0 Å². The molecule has 0 fully saturated rings. The average Bonchev–Trinajstić information content (AvgIpc) is 2.67. The highest BCUT2D eigenvalue weighted by Gasteiger charge is 2.16. The highest BCUT2D eigenvalue weighted by Crippen LogP contribution is 2.30. The molecule has 1 aliphatic rings. The molecule has 1 aliphatic heterocycles. The Morgan fingerprint density at radius 3 is 2.80 bits per heavy atom. The molecule has 3 rings (SSSR count). The van der Waals surface area contributed by atoms with Gasteiger partial charge in [-0.05, 0) is 36.2 Å². The molecule has 0 atom stereocenters. The molecule has 0 bridgehead atoms. The summed E-state index contributed by atoms with van der Waals surface area (Å²) in [5.74, 6) is 1.83. The van der Waals surface area contributed by atoms with Gasteiger partial charge in [-0.1, -0.05) is 24.3 Å². The van der Waals surface area contributed by atoms with Crippen molar-refractivity contribution >= 4 is 11.6 Å². The molecule has 2 aromatic carbocycles. The number of anilines is 1. The minimum Gasteiger partial charge on any atom is -0.497 e. The van der Waals surface area contributed by atoms with E-state index in [2.05, 4.69) is 16.3 Å². The summed E-state index contributed by atoms with van der Waals surface area (Å²) in [5.41, 5.74) is 2.24. The van der Waals surface area contributed by atoms with Gasteiger partial charge in [-0.3, -0.25) is 4.79 Å². The van der Waals surface area contributed by atoms with Crippen LogP contribution in [0.15, 0.2) is 48.5 Å². The second-order valence-corrected chi connectivity index (χ2v) is 6.00. The first-order valence-corrected chi connectivity index (χ1v) is 8.62. The fraction of sp³-hybridized carbons (Fsp3) is 0.350. The second kappa shape index (κ2) is 8.42. The summed E-state index contributed by atoms with van der Waals surface area (Å²) < 4.78 is 10.8. The van der Waals surface area contributed by atoms with Crippen LogP contribution in [0.3, 0.4) is 0 Å². The average molecular weight is 340 g/mol. The lowest BCUT2D eigenvalue weighted by Gasteiger charge is -2.31. The molecular formula is C20H24N2O3. The maximum Gasteiger partial charge on any atom is 0.220 e. The number of nitrogens with zero attached hydrogens (tertiary/aromatic N) is 1. The monoisotopic (exact) mass is 340 g/mol. The molecule has 1 heterocycles. The van der Waals surface area contributed by atoms with E-state index < -0.39 is 0 Å². The van der Waals surface area contributed by atoms with E-state index in [0.29, 0.717) is 19.6 Å². The summed E-state index contributed by atoms with van der Waals surface area (Å²) in [4.78, 5) is 14.3. The number of para-hydroxylation sites is 2. The predicted molar refractivity (Wildman–Crippen MR) is 98.5 cm³/mol.